The molecule has 2 aromatic carbocycles. The van der Waals surface area contributed by atoms with E-state index in [9.17, 15) is 19.5 Å². The van der Waals surface area contributed by atoms with Crippen molar-refractivity contribution in [3.05, 3.63) is 71.8 Å². The molecule has 0 saturated heterocycles. The van der Waals surface area contributed by atoms with Crippen molar-refractivity contribution in [2.24, 2.45) is 47.3 Å². The Hall–Kier alpha value is -4.39. The second-order valence-corrected chi connectivity index (χ2v) is 18.3. The maximum absolute atomic E-state index is 13.5. The molecule has 1 N–H and O–H groups in total. The largest absolute Gasteiger partial charge is 0.493 e. The lowest BCUT2D eigenvalue weighted by atomic mass is 9.83. The molecule has 0 aliphatic carbocycles. The summed E-state index contributed by atoms with van der Waals surface area (Å²) in [7, 11) is -3.44. The zero-order valence-electron chi connectivity index (χ0n) is 53.6. The van der Waals surface area contributed by atoms with Gasteiger partial charge in [0.05, 0.1) is 49.8 Å². The van der Waals surface area contributed by atoms with Crippen LogP contribution in [0.5, 0.6) is 23.0 Å². The van der Waals surface area contributed by atoms with Crippen LogP contribution in [0.4, 0.5) is 0 Å². The number of hydrogen-bond donors (Lipinski definition) is 1. The molecule has 12 heteroatoms. The van der Waals surface area contributed by atoms with Crippen LogP contribution in [0.25, 0.3) is 0 Å². The predicted octanol–water partition coefficient (Wildman–Crippen LogP) is 10.4. The average molecular weight is 937 g/mol. The molecule has 2 amide bonds. The lowest BCUT2D eigenvalue weighted by Gasteiger charge is -2.26. The van der Waals surface area contributed by atoms with Gasteiger partial charge < -0.3 is 43.3 Å². The molecule has 0 aromatic heterocycles. The summed E-state index contributed by atoms with van der Waals surface area (Å²) in [5, 5.41) is 11.3. The first-order valence-corrected chi connectivity index (χ1v) is 23.0. The van der Waals surface area contributed by atoms with E-state index < -0.39 is 34.3 Å². The first kappa shape index (κ1) is 41.8. The number of aliphatic hydroxyl groups is 1. The van der Waals surface area contributed by atoms with Crippen LogP contribution in [-0.2, 0) is 19.1 Å². The predicted molar refractivity (Wildman–Crippen MR) is 267 cm³/mol. The van der Waals surface area contributed by atoms with Crippen LogP contribution >= 0.6 is 0 Å². The number of nitrogens with zero attached hydrogens (tertiary/aromatic N) is 2. The van der Waals surface area contributed by atoms with Crippen LogP contribution < -0.4 is 18.9 Å². The van der Waals surface area contributed by atoms with E-state index in [0.717, 1.165) is 0 Å². The molecule has 0 bridgehead atoms. The number of ketones is 1. The molecule has 0 spiro atoms. The molecule has 1 unspecified atom stereocenters. The fourth-order valence-electron chi connectivity index (χ4n) is 7.26. The minimum Gasteiger partial charge on any atom is -0.493 e. The molecule has 66 heavy (non-hydrogen) atoms. The van der Waals surface area contributed by atoms with Crippen molar-refractivity contribution in [3.8, 4) is 23.0 Å². The first-order chi connectivity index (χ1) is 35.9. The fraction of sp³-hybridized carbons (Fsp3) is 0.648. The van der Waals surface area contributed by atoms with Crippen LogP contribution in [0.2, 0.25) is 0 Å². The molecule has 5 atom stereocenters. The number of amides is 2. The number of hydrogen-bond acceptors (Lipinski definition) is 10. The number of carbonyl (C=O) groups excluding carboxylic acids is 3. The third-order valence-electron chi connectivity index (χ3n) is 11.5. The first-order valence-electron chi connectivity index (χ1n) is 29.0. The topological polar surface area (TPSA) is 133 Å². The second kappa shape index (κ2) is 32.3. The Balaban J connectivity index is 0.000000780. The van der Waals surface area contributed by atoms with E-state index >= 15 is 0 Å². The normalized spacial score (nSPS) is 17.4. The standard InChI is InChI=1S/C27H45NO5.C27H43NO5/c2*1-19(2)22(12-9-10-13-23(20(3)4)27(30)28(5)6)26(29)21-14-15-24(32-8)25(18-21)33-17-11-16-31-7/h9-10,14-15,18-20,22-23,26,29H,11-13,16-17H2,1-8H3;9-10,14-15,18-20,22-23H,11-13,16-17H2,1-8H3/b2*10-9+/t22-,23-,26?;22-,23-/m00/s1/i2*7D3,8D3. The summed E-state index contributed by atoms with van der Waals surface area (Å²) in [6.07, 6.45) is 9.76. The Bertz CT molecular complexity index is 2170. The lowest BCUT2D eigenvalue weighted by molar-refractivity contribution is -0.135. The molecule has 0 saturated carbocycles. The smallest absolute Gasteiger partial charge is 0.225 e. The van der Waals surface area contributed by atoms with E-state index in [2.05, 4.69) is 0 Å². The van der Waals surface area contributed by atoms with Crippen molar-refractivity contribution < 1.29 is 64.4 Å². The van der Waals surface area contributed by atoms with Crippen molar-refractivity contribution in [1.82, 2.24) is 9.80 Å². The van der Waals surface area contributed by atoms with Crippen LogP contribution in [0.15, 0.2) is 60.7 Å². The Morgan fingerprint density at radius 2 is 1.00 bits per heavy atom. The highest BCUT2D eigenvalue weighted by atomic mass is 16.5. The number of methoxy groups -OCH3 is 4. The van der Waals surface area contributed by atoms with Crippen LogP contribution in [0.3, 0.4) is 0 Å². The summed E-state index contributed by atoms with van der Waals surface area (Å²) in [6.45, 7) is 16.0. The fourth-order valence-corrected chi connectivity index (χ4v) is 7.26. The van der Waals surface area contributed by atoms with E-state index in [1.165, 1.54) is 24.3 Å². The monoisotopic (exact) mass is 937 g/mol. The molecule has 374 valence electrons. The zero-order valence-corrected chi connectivity index (χ0v) is 41.6. The molecule has 0 fully saturated rings. The van der Waals surface area contributed by atoms with Gasteiger partial charge in [0.15, 0.2) is 28.8 Å². The van der Waals surface area contributed by atoms with E-state index in [1.807, 2.05) is 79.7 Å². The third kappa shape index (κ3) is 20.6. The molecule has 0 heterocycles. The van der Waals surface area contributed by atoms with E-state index in [0.29, 0.717) is 36.8 Å². The Labute approximate surface area is 416 Å². The molecule has 2 aromatic rings. The Morgan fingerprint density at radius 1 is 0.561 bits per heavy atom. The van der Waals surface area contributed by atoms with Crippen LogP contribution in [0, 0.1) is 47.3 Å². The molecule has 2 rings (SSSR count). The zero-order chi connectivity index (χ0) is 59.9. The maximum atomic E-state index is 13.5. The molecule has 0 aliphatic rings. The van der Waals surface area contributed by atoms with Crippen molar-refractivity contribution in [3.63, 3.8) is 0 Å². The van der Waals surface area contributed by atoms with Gasteiger partial charge in [-0.3, -0.25) is 14.4 Å². The summed E-state index contributed by atoms with van der Waals surface area (Å²) >= 11 is 0. The minimum atomic E-state index is -2.72. The number of rotatable bonds is 30. The van der Waals surface area contributed by atoms with Crippen molar-refractivity contribution in [2.45, 2.75) is 100 Å². The number of ether oxygens (including phenoxy) is 6. The summed E-state index contributed by atoms with van der Waals surface area (Å²) in [5.41, 5.74) is 0.883. The van der Waals surface area contributed by atoms with Gasteiger partial charge in [-0.15, -0.1) is 0 Å². The maximum Gasteiger partial charge on any atom is 0.225 e. The van der Waals surface area contributed by atoms with Gasteiger partial charge in [0, 0.05) is 91.6 Å². The number of aliphatic hydroxyl groups excluding tert-OH is 1. The second-order valence-electron chi connectivity index (χ2n) is 18.3. The third-order valence-corrected chi connectivity index (χ3v) is 11.5. The van der Waals surface area contributed by atoms with Gasteiger partial charge in [-0.25, -0.2) is 0 Å². The van der Waals surface area contributed by atoms with Gasteiger partial charge in [-0.2, -0.15) is 0 Å². The van der Waals surface area contributed by atoms with Gasteiger partial charge in [-0.05, 0) is 91.2 Å². The van der Waals surface area contributed by atoms with Crippen LogP contribution in [0.1, 0.15) is 132 Å². The number of carbonyl (C=O) groups is 3. The molecule has 12 nitrogen and oxygen atoms in total. The van der Waals surface area contributed by atoms with E-state index in [4.69, 9.17) is 44.9 Å². The summed E-state index contributed by atoms with van der Waals surface area (Å²) in [6, 6.07) is 8.98. The van der Waals surface area contributed by atoms with E-state index in [-0.39, 0.29) is 127 Å². The molecule has 0 aliphatic heterocycles. The van der Waals surface area contributed by atoms with Gasteiger partial charge in [-0.1, -0.05) is 85.8 Å². The van der Waals surface area contributed by atoms with Crippen molar-refractivity contribution >= 4 is 17.6 Å². The number of Topliss-reactive ketones (excluding diaryl/α,β-unsaturated/α-hetero) is 1. The number of allylic oxidation sites excluding steroid dienone is 4. The minimum absolute atomic E-state index is 0.00558. The van der Waals surface area contributed by atoms with Crippen LogP contribution in [-0.4, -0.2) is 115 Å². The van der Waals surface area contributed by atoms with Gasteiger partial charge in [0.2, 0.25) is 11.8 Å². The highest BCUT2D eigenvalue weighted by Crippen LogP contribution is 2.37. The van der Waals surface area contributed by atoms with Crippen molar-refractivity contribution in [2.75, 3.05) is 82.8 Å². The molecular formula is C54H88N2O10. The summed E-state index contributed by atoms with van der Waals surface area (Å²) in [4.78, 5) is 41.6. The lowest BCUT2D eigenvalue weighted by Crippen LogP contribution is -2.32. The highest BCUT2D eigenvalue weighted by Gasteiger charge is 2.27. The van der Waals surface area contributed by atoms with Crippen molar-refractivity contribution in [1.29, 1.82) is 0 Å². The summed E-state index contributed by atoms with van der Waals surface area (Å²) in [5.74, 6) is -0.0478. The summed E-state index contributed by atoms with van der Waals surface area (Å²) < 4.78 is 118. The highest BCUT2D eigenvalue weighted by molar-refractivity contribution is 5.98. The Morgan fingerprint density at radius 3 is 1.42 bits per heavy atom. The average Bonchev–Trinajstić information content (AvgIpc) is 3.29. The Kier molecular flexibility index (Phi) is 20.5. The van der Waals surface area contributed by atoms with E-state index in [1.54, 1.807) is 50.1 Å². The number of benzene rings is 2. The molecular weight excluding hydrogens is 837 g/mol. The quantitative estimate of drug-likeness (QED) is 0.0458. The SMILES string of the molecule is [2H]C([2H])([2H])OCCCOc1cc(C(=O)[C@@H](C/C=C/C[C@H](C(=O)N(C)C)C(C)C)C(C)C)ccc1OC([2H])([2H])[2H].[2H]C([2H])([2H])OCCCOc1cc(C(O)[C@@H](C/C=C/C[C@H](C(=O)N(C)C)C(C)C)C(C)C)ccc1OC([2H])([2H])[2H]. The van der Waals surface area contributed by atoms with Gasteiger partial charge in [0.25, 0.3) is 0 Å². The van der Waals surface area contributed by atoms with Gasteiger partial charge in [0.1, 0.15) is 0 Å². The molecule has 0 radical (unpaired) electrons. The van der Waals surface area contributed by atoms with Gasteiger partial charge >= 0.3 is 0 Å².